The maximum Gasteiger partial charge on any atom is 0.330 e. The van der Waals surface area contributed by atoms with Crippen molar-refractivity contribution in [1.82, 2.24) is 15.0 Å². The van der Waals surface area contributed by atoms with Gasteiger partial charge in [0.2, 0.25) is 5.75 Å². The molecular formula is C33H41N3O7. The summed E-state index contributed by atoms with van der Waals surface area (Å²) >= 11 is 0. The van der Waals surface area contributed by atoms with Gasteiger partial charge in [-0.05, 0) is 67.5 Å². The standard InChI is InChI=1S/C33H41N3O7/c1-38-28-17-16-24(14-15-25-21-30(39-2)33(41-4)31(22-25)40-3)20-29(28)42-19-9-10-26-23-36(35-34-26)18-7-5-6-11-27-12-8-13-32(37)43-27/h8,13-17,20-23,27H,5-7,9-12,18-19H2,1-4H3/b15-14-/t27-/m0/s1. The zero-order chi connectivity index (χ0) is 30.4. The summed E-state index contributed by atoms with van der Waals surface area (Å²) in [5.74, 6) is 2.87. The summed E-state index contributed by atoms with van der Waals surface area (Å²) in [5.41, 5.74) is 2.81. The number of aryl methyl sites for hydroxylation is 2. The lowest BCUT2D eigenvalue weighted by molar-refractivity contribution is -0.144. The first kappa shape index (κ1) is 31.5. The molecule has 230 valence electrons. The van der Waals surface area contributed by atoms with E-state index in [-0.39, 0.29) is 12.1 Å². The number of rotatable bonds is 17. The number of cyclic esters (lactones) is 1. The van der Waals surface area contributed by atoms with Crippen LogP contribution >= 0.6 is 0 Å². The molecule has 2 heterocycles. The van der Waals surface area contributed by atoms with Gasteiger partial charge in [0.05, 0.1) is 40.7 Å². The summed E-state index contributed by atoms with van der Waals surface area (Å²) in [4.78, 5) is 11.3. The number of unbranched alkanes of at least 4 members (excludes halogenated alkanes) is 2. The summed E-state index contributed by atoms with van der Waals surface area (Å²) in [6, 6.07) is 9.61. The van der Waals surface area contributed by atoms with E-state index < -0.39 is 0 Å². The van der Waals surface area contributed by atoms with Crippen molar-refractivity contribution in [2.45, 2.75) is 57.6 Å². The third kappa shape index (κ3) is 9.26. The molecule has 0 N–H and O–H groups in total. The largest absolute Gasteiger partial charge is 0.493 e. The van der Waals surface area contributed by atoms with Gasteiger partial charge in [-0.15, -0.1) is 5.10 Å². The highest BCUT2D eigenvalue weighted by atomic mass is 16.5. The fourth-order valence-electron chi connectivity index (χ4n) is 4.86. The molecule has 1 atom stereocenters. The zero-order valence-electron chi connectivity index (χ0n) is 25.4. The first-order valence-corrected chi connectivity index (χ1v) is 14.6. The summed E-state index contributed by atoms with van der Waals surface area (Å²) in [6.45, 7) is 1.34. The van der Waals surface area contributed by atoms with Gasteiger partial charge in [0, 0.05) is 25.2 Å². The lowest BCUT2D eigenvalue weighted by Crippen LogP contribution is -2.19. The smallest absolute Gasteiger partial charge is 0.330 e. The number of nitrogens with zero attached hydrogens (tertiary/aromatic N) is 3. The lowest BCUT2D eigenvalue weighted by Gasteiger charge is -2.18. The van der Waals surface area contributed by atoms with Gasteiger partial charge in [0.25, 0.3) is 0 Å². The first-order chi connectivity index (χ1) is 21.0. The third-order valence-electron chi connectivity index (χ3n) is 7.11. The van der Waals surface area contributed by atoms with Crippen LogP contribution in [0, 0.1) is 0 Å². The minimum atomic E-state index is -0.231. The minimum absolute atomic E-state index is 0.0187. The quantitative estimate of drug-likeness (QED) is 0.107. The second-order valence-corrected chi connectivity index (χ2v) is 10.2. The topological polar surface area (TPSA) is 103 Å². The van der Waals surface area contributed by atoms with Gasteiger partial charge < -0.3 is 28.4 Å². The van der Waals surface area contributed by atoms with Crippen molar-refractivity contribution >= 4 is 18.1 Å². The van der Waals surface area contributed by atoms with Crippen molar-refractivity contribution in [2.75, 3.05) is 35.0 Å². The molecule has 0 fully saturated rings. The fourth-order valence-corrected chi connectivity index (χ4v) is 4.86. The second kappa shape index (κ2) is 16.2. The van der Waals surface area contributed by atoms with E-state index in [9.17, 15) is 4.79 Å². The van der Waals surface area contributed by atoms with Crippen LogP contribution in [0.3, 0.4) is 0 Å². The van der Waals surface area contributed by atoms with Gasteiger partial charge in [-0.2, -0.15) is 0 Å². The molecule has 1 aliphatic rings. The Kier molecular flexibility index (Phi) is 11.9. The number of aromatic nitrogens is 3. The van der Waals surface area contributed by atoms with Crippen LogP contribution in [0.5, 0.6) is 28.7 Å². The molecule has 1 aromatic heterocycles. The molecule has 0 amide bonds. The molecular weight excluding hydrogens is 550 g/mol. The Labute approximate surface area is 253 Å². The average molecular weight is 592 g/mol. The van der Waals surface area contributed by atoms with E-state index in [1.54, 1.807) is 28.4 Å². The summed E-state index contributed by atoms with van der Waals surface area (Å²) < 4.78 is 35.1. The maximum atomic E-state index is 11.3. The summed E-state index contributed by atoms with van der Waals surface area (Å²) in [7, 11) is 6.41. The van der Waals surface area contributed by atoms with Gasteiger partial charge in [-0.3, -0.25) is 4.68 Å². The SMILES string of the molecule is COc1ccc(/C=C\c2cc(OC)c(OC)c(OC)c2)cc1OCCCc1cn(CCCCC[C@H]2CC=CC(=O)O2)nn1. The van der Waals surface area contributed by atoms with E-state index in [1.165, 1.54) is 6.08 Å². The number of benzene rings is 2. The highest BCUT2D eigenvalue weighted by Crippen LogP contribution is 2.38. The Hall–Kier alpha value is -4.47. The second-order valence-electron chi connectivity index (χ2n) is 10.2. The van der Waals surface area contributed by atoms with Crippen LogP contribution in [0.2, 0.25) is 0 Å². The summed E-state index contributed by atoms with van der Waals surface area (Å²) in [5, 5.41) is 8.57. The molecule has 43 heavy (non-hydrogen) atoms. The number of methoxy groups -OCH3 is 4. The highest BCUT2D eigenvalue weighted by Gasteiger charge is 2.15. The zero-order valence-corrected chi connectivity index (χ0v) is 25.4. The number of esters is 1. The molecule has 0 spiro atoms. The van der Waals surface area contributed by atoms with Crippen LogP contribution in [-0.2, 0) is 22.5 Å². The van der Waals surface area contributed by atoms with E-state index in [1.807, 2.05) is 59.4 Å². The van der Waals surface area contributed by atoms with Crippen LogP contribution in [0.25, 0.3) is 12.2 Å². The maximum absolute atomic E-state index is 11.3. The summed E-state index contributed by atoms with van der Waals surface area (Å²) in [6.07, 6.45) is 15.7. The van der Waals surface area contributed by atoms with Crippen LogP contribution < -0.4 is 23.7 Å². The van der Waals surface area contributed by atoms with E-state index >= 15 is 0 Å². The van der Waals surface area contributed by atoms with Gasteiger partial charge in [-0.1, -0.05) is 35.9 Å². The van der Waals surface area contributed by atoms with Crippen molar-refractivity contribution in [3.63, 3.8) is 0 Å². The van der Waals surface area contributed by atoms with E-state index in [0.29, 0.717) is 35.4 Å². The van der Waals surface area contributed by atoms with Gasteiger partial charge in [0.1, 0.15) is 6.10 Å². The Bertz CT molecular complexity index is 1370. The van der Waals surface area contributed by atoms with Crippen molar-refractivity contribution in [1.29, 1.82) is 0 Å². The van der Waals surface area contributed by atoms with E-state index in [4.69, 9.17) is 28.4 Å². The van der Waals surface area contributed by atoms with Crippen molar-refractivity contribution in [3.8, 4) is 28.7 Å². The van der Waals surface area contributed by atoms with Crippen LogP contribution in [0.15, 0.2) is 48.7 Å². The monoisotopic (exact) mass is 591 g/mol. The van der Waals surface area contributed by atoms with Crippen LogP contribution in [-0.4, -0.2) is 62.1 Å². The van der Waals surface area contributed by atoms with Gasteiger partial charge in [0.15, 0.2) is 23.0 Å². The molecule has 10 nitrogen and oxygen atoms in total. The number of hydrogen-bond donors (Lipinski definition) is 0. The molecule has 0 saturated carbocycles. The van der Waals surface area contributed by atoms with E-state index in [0.717, 1.165) is 68.3 Å². The molecule has 0 bridgehead atoms. The van der Waals surface area contributed by atoms with Crippen LogP contribution in [0.4, 0.5) is 0 Å². The molecule has 0 radical (unpaired) electrons. The molecule has 10 heteroatoms. The van der Waals surface area contributed by atoms with Gasteiger partial charge >= 0.3 is 5.97 Å². The third-order valence-corrected chi connectivity index (χ3v) is 7.11. The Morgan fingerprint density at radius 2 is 1.63 bits per heavy atom. The molecule has 2 aromatic carbocycles. The number of ether oxygens (including phenoxy) is 6. The van der Waals surface area contributed by atoms with Gasteiger partial charge in [-0.25, -0.2) is 4.79 Å². The Morgan fingerprint density at radius 1 is 0.884 bits per heavy atom. The number of hydrogen-bond acceptors (Lipinski definition) is 9. The molecule has 0 unspecified atom stereocenters. The minimum Gasteiger partial charge on any atom is -0.493 e. The molecule has 0 aliphatic carbocycles. The average Bonchev–Trinajstić information content (AvgIpc) is 3.48. The molecule has 1 aliphatic heterocycles. The van der Waals surface area contributed by atoms with Crippen molar-refractivity contribution in [3.05, 3.63) is 65.5 Å². The lowest BCUT2D eigenvalue weighted by atomic mass is 10.1. The van der Waals surface area contributed by atoms with E-state index in [2.05, 4.69) is 10.3 Å². The predicted octanol–water partition coefficient (Wildman–Crippen LogP) is 5.93. The molecule has 0 saturated heterocycles. The van der Waals surface area contributed by atoms with Crippen molar-refractivity contribution in [2.24, 2.45) is 0 Å². The highest BCUT2D eigenvalue weighted by molar-refractivity contribution is 5.82. The first-order valence-electron chi connectivity index (χ1n) is 14.6. The number of carbonyl (C=O) groups excluding carboxylic acids is 1. The van der Waals surface area contributed by atoms with Crippen molar-refractivity contribution < 1.29 is 33.2 Å². The Morgan fingerprint density at radius 3 is 2.35 bits per heavy atom. The fraction of sp³-hybridized carbons (Fsp3) is 0.424. The normalized spacial score (nSPS) is 14.5. The predicted molar refractivity (Wildman–Crippen MR) is 164 cm³/mol. The Balaban J connectivity index is 1.23. The molecule has 4 rings (SSSR count). The van der Waals surface area contributed by atoms with Crippen LogP contribution in [0.1, 0.15) is 55.3 Å². The molecule has 3 aromatic rings. The number of carbonyl (C=O) groups is 1.